The zero-order chi connectivity index (χ0) is 15.9. The number of rotatable bonds is 5. The molecule has 4 nitrogen and oxygen atoms in total. The Balaban J connectivity index is 2.83. The molecule has 1 rings (SSSR count). The smallest absolute Gasteiger partial charge is 0.329 e. The van der Waals surface area contributed by atoms with Gasteiger partial charge < -0.3 is 10.1 Å². The maximum atomic E-state index is 12.2. The summed E-state index contributed by atoms with van der Waals surface area (Å²) >= 11 is 0. The van der Waals surface area contributed by atoms with E-state index in [0.717, 1.165) is 5.56 Å². The molecule has 0 bridgehead atoms. The zero-order valence-corrected chi connectivity index (χ0v) is 13.1. The van der Waals surface area contributed by atoms with Gasteiger partial charge in [0.05, 0.1) is 0 Å². The lowest BCUT2D eigenvalue weighted by Gasteiger charge is -2.24. The molecule has 0 radical (unpaired) electrons. The topological polar surface area (TPSA) is 55.4 Å². The molecule has 0 saturated carbocycles. The Labute approximate surface area is 126 Å². The SMILES string of the molecule is C/C=C/C(=O)N[C@@H](Cc1ccccc1)C(=O)OC(C)(C)C. The predicted molar refractivity (Wildman–Crippen MR) is 82.7 cm³/mol. The van der Waals surface area contributed by atoms with Gasteiger partial charge in [-0.15, -0.1) is 0 Å². The van der Waals surface area contributed by atoms with Crippen LogP contribution >= 0.6 is 0 Å². The van der Waals surface area contributed by atoms with Crippen molar-refractivity contribution < 1.29 is 14.3 Å². The van der Waals surface area contributed by atoms with Crippen molar-refractivity contribution in [1.29, 1.82) is 0 Å². The van der Waals surface area contributed by atoms with E-state index in [4.69, 9.17) is 4.74 Å². The van der Waals surface area contributed by atoms with E-state index in [1.165, 1.54) is 6.08 Å². The van der Waals surface area contributed by atoms with Gasteiger partial charge in [0.2, 0.25) is 5.91 Å². The van der Waals surface area contributed by atoms with Crippen molar-refractivity contribution in [3.63, 3.8) is 0 Å². The number of ether oxygens (including phenoxy) is 1. The van der Waals surface area contributed by atoms with Gasteiger partial charge in [0.25, 0.3) is 0 Å². The van der Waals surface area contributed by atoms with Crippen LogP contribution < -0.4 is 5.32 Å². The minimum absolute atomic E-state index is 0.302. The molecule has 21 heavy (non-hydrogen) atoms. The zero-order valence-electron chi connectivity index (χ0n) is 13.1. The van der Waals surface area contributed by atoms with E-state index < -0.39 is 17.6 Å². The molecule has 0 aliphatic rings. The number of carbonyl (C=O) groups is 2. The third-order valence-electron chi connectivity index (χ3n) is 2.61. The minimum atomic E-state index is -0.699. The van der Waals surface area contributed by atoms with E-state index in [1.54, 1.807) is 33.8 Å². The van der Waals surface area contributed by atoms with Gasteiger partial charge in [0.15, 0.2) is 0 Å². The first kappa shape index (κ1) is 17.0. The van der Waals surface area contributed by atoms with Crippen molar-refractivity contribution in [1.82, 2.24) is 5.32 Å². The molecule has 1 amide bonds. The number of benzene rings is 1. The van der Waals surface area contributed by atoms with Gasteiger partial charge in [-0.05, 0) is 39.3 Å². The third kappa shape index (κ3) is 6.75. The predicted octanol–water partition coefficient (Wildman–Crippen LogP) is 2.63. The highest BCUT2D eigenvalue weighted by Crippen LogP contribution is 2.11. The molecule has 0 aromatic heterocycles. The van der Waals surface area contributed by atoms with Crippen molar-refractivity contribution in [3.05, 3.63) is 48.0 Å². The highest BCUT2D eigenvalue weighted by molar-refractivity contribution is 5.91. The fraction of sp³-hybridized carbons (Fsp3) is 0.412. The molecule has 1 atom stereocenters. The summed E-state index contributed by atoms with van der Waals surface area (Å²) in [4.78, 5) is 23.9. The molecular weight excluding hydrogens is 266 g/mol. The molecule has 114 valence electrons. The summed E-state index contributed by atoms with van der Waals surface area (Å²) in [6.45, 7) is 7.16. The summed E-state index contributed by atoms with van der Waals surface area (Å²) < 4.78 is 5.37. The second-order valence-corrected chi connectivity index (χ2v) is 5.78. The fourth-order valence-corrected chi connectivity index (χ4v) is 1.79. The molecule has 0 spiro atoms. The van der Waals surface area contributed by atoms with E-state index in [1.807, 2.05) is 30.3 Å². The molecule has 0 saturated heterocycles. The van der Waals surface area contributed by atoms with Gasteiger partial charge in [0, 0.05) is 6.42 Å². The summed E-state index contributed by atoms with van der Waals surface area (Å²) in [7, 11) is 0. The summed E-state index contributed by atoms with van der Waals surface area (Å²) in [5, 5.41) is 2.69. The van der Waals surface area contributed by atoms with Crippen molar-refractivity contribution >= 4 is 11.9 Å². The lowest BCUT2D eigenvalue weighted by atomic mass is 10.1. The molecule has 0 aliphatic carbocycles. The Morgan fingerprint density at radius 2 is 1.86 bits per heavy atom. The van der Waals surface area contributed by atoms with Crippen LogP contribution in [-0.2, 0) is 20.7 Å². The van der Waals surface area contributed by atoms with Crippen molar-refractivity contribution in [2.24, 2.45) is 0 Å². The van der Waals surface area contributed by atoms with Gasteiger partial charge in [-0.3, -0.25) is 4.79 Å². The van der Waals surface area contributed by atoms with Crippen molar-refractivity contribution in [3.8, 4) is 0 Å². The second kappa shape index (κ2) is 7.62. The number of carbonyl (C=O) groups excluding carboxylic acids is 2. The van der Waals surface area contributed by atoms with Crippen molar-refractivity contribution in [2.75, 3.05) is 0 Å². The van der Waals surface area contributed by atoms with E-state index in [0.29, 0.717) is 6.42 Å². The number of amides is 1. The fourth-order valence-electron chi connectivity index (χ4n) is 1.79. The highest BCUT2D eigenvalue weighted by Gasteiger charge is 2.26. The first-order valence-electron chi connectivity index (χ1n) is 7.02. The molecule has 1 aromatic rings. The molecule has 0 aliphatic heterocycles. The second-order valence-electron chi connectivity index (χ2n) is 5.78. The molecule has 1 N–H and O–H groups in total. The van der Waals surface area contributed by atoms with Gasteiger partial charge in [-0.25, -0.2) is 4.79 Å². The largest absolute Gasteiger partial charge is 0.458 e. The van der Waals surface area contributed by atoms with E-state index >= 15 is 0 Å². The van der Waals surface area contributed by atoms with Gasteiger partial charge in [0.1, 0.15) is 11.6 Å². The first-order valence-corrected chi connectivity index (χ1v) is 7.02. The normalized spacial score (nSPS) is 13.0. The molecule has 0 fully saturated rings. The van der Waals surface area contributed by atoms with Crippen LogP contribution in [0.2, 0.25) is 0 Å². The summed E-state index contributed by atoms with van der Waals surface area (Å²) in [6, 6.07) is 8.84. The Morgan fingerprint density at radius 1 is 1.24 bits per heavy atom. The van der Waals surface area contributed by atoms with E-state index in [9.17, 15) is 9.59 Å². The van der Waals surface area contributed by atoms with Crippen molar-refractivity contribution in [2.45, 2.75) is 45.8 Å². The number of esters is 1. The van der Waals surface area contributed by atoms with Gasteiger partial charge in [-0.2, -0.15) is 0 Å². The third-order valence-corrected chi connectivity index (χ3v) is 2.61. The number of hydrogen-bond donors (Lipinski definition) is 1. The highest BCUT2D eigenvalue weighted by atomic mass is 16.6. The Bertz CT molecular complexity index is 501. The van der Waals surface area contributed by atoms with Crippen LogP contribution in [0, 0.1) is 0 Å². The minimum Gasteiger partial charge on any atom is -0.458 e. The number of allylic oxidation sites excluding steroid dienone is 1. The van der Waals surface area contributed by atoms with Gasteiger partial charge in [-0.1, -0.05) is 36.4 Å². The summed E-state index contributed by atoms with van der Waals surface area (Å²) in [6.07, 6.45) is 3.42. The van der Waals surface area contributed by atoms with Crippen LogP contribution in [0.15, 0.2) is 42.5 Å². The molecular formula is C17H23NO3. The molecule has 1 aromatic carbocycles. The van der Waals surface area contributed by atoms with Gasteiger partial charge >= 0.3 is 5.97 Å². The summed E-state index contributed by atoms with van der Waals surface area (Å²) in [5.41, 5.74) is 0.381. The average molecular weight is 289 g/mol. The Morgan fingerprint density at radius 3 is 2.38 bits per heavy atom. The Kier molecular flexibility index (Phi) is 6.15. The molecule has 0 heterocycles. The average Bonchev–Trinajstić information content (AvgIpc) is 2.37. The number of nitrogens with one attached hydrogen (secondary N) is 1. The van der Waals surface area contributed by atoms with E-state index in [-0.39, 0.29) is 5.91 Å². The lowest BCUT2D eigenvalue weighted by Crippen LogP contribution is -2.45. The molecule has 4 heteroatoms. The van der Waals surface area contributed by atoms with Crippen LogP contribution in [0.4, 0.5) is 0 Å². The maximum absolute atomic E-state index is 12.2. The maximum Gasteiger partial charge on any atom is 0.329 e. The summed E-state index contributed by atoms with van der Waals surface area (Å²) in [5.74, 6) is -0.728. The van der Waals surface area contributed by atoms with Crippen LogP contribution in [0.25, 0.3) is 0 Å². The monoisotopic (exact) mass is 289 g/mol. The standard InChI is InChI=1S/C17H23NO3/c1-5-9-15(19)18-14(16(20)21-17(2,3)4)12-13-10-7-6-8-11-13/h5-11,14H,12H2,1-4H3,(H,18,19)/b9-5+/t14-/m0/s1. The van der Waals surface area contributed by atoms with Crippen LogP contribution in [0.1, 0.15) is 33.3 Å². The number of hydrogen-bond acceptors (Lipinski definition) is 3. The first-order chi connectivity index (χ1) is 9.81. The molecule has 0 unspecified atom stereocenters. The Hall–Kier alpha value is -2.10. The van der Waals surface area contributed by atoms with Crippen LogP contribution in [-0.4, -0.2) is 23.5 Å². The lowest BCUT2D eigenvalue weighted by molar-refractivity contribution is -0.158. The van der Waals surface area contributed by atoms with E-state index in [2.05, 4.69) is 5.32 Å². The van der Waals surface area contributed by atoms with Crippen LogP contribution in [0.3, 0.4) is 0 Å². The quantitative estimate of drug-likeness (QED) is 0.669. The van der Waals surface area contributed by atoms with Crippen LogP contribution in [0.5, 0.6) is 0 Å².